The molecule has 0 saturated heterocycles. The number of halogens is 3. The number of hydrogen-bond acceptors (Lipinski definition) is 2. The van der Waals surface area contributed by atoms with Crippen molar-refractivity contribution in [1.29, 1.82) is 0 Å². The largest absolute Gasteiger partial charge is 0.481 e. The van der Waals surface area contributed by atoms with Crippen LogP contribution in [0.15, 0.2) is 12.3 Å². The van der Waals surface area contributed by atoms with Gasteiger partial charge in [0.1, 0.15) is 0 Å². The van der Waals surface area contributed by atoms with Crippen LogP contribution >= 0.6 is 0 Å². The molecule has 90 valence electrons. The molecule has 0 spiro atoms. The van der Waals surface area contributed by atoms with Gasteiger partial charge in [-0.25, -0.2) is 4.98 Å². The van der Waals surface area contributed by atoms with Gasteiger partial charge in [-0.2, -0.15) is 13.2 Å². The zero-order chi connectivity index (χ0) is 12.6. The van der Waals surface area contributed by atoms with Gasteiger partial charge in [0.25, 0.3) is 0 Å². The minimum Gasteiger partial charge on any atom is -0.481 e. The van der Waals surface area contributed by atoms with Gasteiger partial charge in [0.15, 0.2) is 0 Å². The molecular weight excluding hydrogens is 219 g/mol. The van der Waals surface area contributed by atoms with Gasteiger partial charge in [-0.1, -0.05) is 20.8 Å². The Morgan fingerprint density at radius 1 is 1.19 bits per heavy atom. The number of hydrogen-bond donors (Lipinski definition) is 0. The Morgan fingerprint density at radius 2 is 1.75 bits per heavy atom. The van der Waals surface area contributed by atoms with Crippen LogP contribution in [0.2, 0.25) is 0 Å². The van der Waals surface area contributed by atoms with Crippen LogP contribution in [0.4, 0.5) is 13.2 Å². The quantitative estimate of drug-likeness (QED) is 0.741. The highest BCUT2D eigenvalue weighted by Gasteiger charge is 2.38. The SMILES string of the molecule is COc1nccc(C(F)(F)F)c1C(C)(C)C. The van der Waals surface area contributed by atoms with Crippen molar-refractivity contribution in [2.75, 3.05) is 7.11 Å². The van der Waals surface area contributed by atoms with Crippen LogP contribution in [0, 0.1) is 0 Å². The van der Waals surface area contributed by atoms with E-state index in [2.05, 4.69) is 4.98 Å². The topological polar surface area (TPSA) is 22.1 Å². The Hall–Kier alpha value is -1.26. The fourth-order valence-corrected chi connectivity index (χ4v) is 1.56. The summed E-state index contributed by atoms with van der Waals surface area (Å²) in [4.78, 5) is 3.82. The molecule has 0 unspecified atom stereocenters. The Bertz CT molecular complexity index is 380. The maximum Gasteiger partial charge on any atom is 0.416 e. The number of aromatic nitrogens is 1. The summed E-state index contributed by atoms with van der Waals surface area (Å²) in [6.07, 6.45) is -3.28. The van der Waals surface area contributed by atoms with Crippen molar-refractivity contribution in [3.63, 3.8) is 0 Å². The Kier molecular flexibility index (Phi) is 3.17. The summed E-state index contributed by atoms with van der Waals surface area (Å²) >= 11 is 0. The van der Waals surface area contributed by atoms with E-state index in [1.54, 1.807) is 20.8 Å². The van der Waals surface area contributed by atoms with Gasteiger partial charge in [-0.15, -0.1) is 0 Å². The molecule has 0 saturated carbocycles. The molecule has 0 amide bonds. The van der Waals surface area contributed by atoms with Crippen molar-refractivity contribution < 1.29 is 17.9 Å². The summed E-state index contributed by atoms with van der Waals surface area (Å²) in [7, 11) is 1.32. The first-order chi connectivity index (χ1) is 7.18. The average Bonchev–Trinajstić information content (AvgIpc) is 2.13. The first kappa shape index (κ1) is 12.8. The third-order valence-corrected chi connectivity index (χ3v) is 2.16. The first-order valence-corrected chi connectivity index (χ1v) is 4.78. The van der Waals surface area contributed by atoms with Crippen molar-refractivity contribution in [2.45, 2.75) is 32.4 Å². The lowest BCUT2D eigenvalue weighted by Gasteiger charge is -2.25. The van der Waals surface area contributed by atoms with Crippen LogP contribution in [0.25, 0.3) is 0 Å². The van der Waals surface area contributed by atoms with Crippen molar-refractivity contribution in [1.82, 2.24) is 4.98 Å². The first-order valence-electron chi connectivity index (χ1n) is 4.78. The van der Waals surface area contributed by atoms with Crippen molar-refractivity contribution in [3.8, 4) is 5.88 Å². The molecule has 1 aromatic rings. The van der Waals surface area contributed by atoms with Gasteiger partial charge in [0.05, 0.1) is 12.7 Å². The van der Waals surface area contributed by atoms with E-state index in [4.69, 9.17) is 4.74 Å². The molecule has 1 aromatic heterocycles. The van der Waals surface area contributed by atoms with Crippen LogP contribution in [0.5, 0.6) is 5.88 Å². The second kappa shape index (κ2) is 3.96. The van der Waals surface area contributed by atoms with Crippen molar-refractivity contribution >= 4 is 0 Å². The zero-order valence-corrected chi connectivity index (χ0v) is 9.64. The van der Waals surface area contributed by atoms with E-state index >= 15 is 0 Å². The summed E-state index contributed by atoms with van der Waals surface area (Å²) < 4.78 is 43.3. The maximum atomic E-state index is 12.8. The van der Waals surface area contributed by atoms with Crippen LogP contribution in [-0.4, -0.2) is 12.1 Å². The van der Waals surface area contributed by atoms with E-state index in [0.29, 0.717) is 0 Å². The molecule has 5 heteroatoms. The molecule has 1 heterocycles. The Balaban J connectivity index is 3.51. The lowest BCUT2D eigenvalue weighted by atomic mass is 9.84. The predicted octanol–water partition coefficient (Wildman–Crippen LogP) is 3.41. The number of methoxy groups -OCH3 is 1. The minimum atomic E-state index is -4.39. The molecule has 0 aliphatic rings. The van der Waals surface area contributed by atoms with Gasteiger partial charge < -0.3 is 4.74 Å². The van der Waals surface area contributed by atoms with Crippen LogP contribution < -0.4 is 4.74 Å². The van der Waals surface area contributed by atoms with Gasteiger partial charge in [0, 0.05) is 11.8 Å². The standard InChI is InChI=1S/C11H14F3NO/c1-10(2,3)8-7(11(12,13)14)5-6-15-9(8)16-4/h5-6H,1-4H3. The second-order valence-electron chi connectivity index (χ2n) is 4.49. The molecule has 16 heavy (non-hydrogen) atoms. The van der Waals surface area contributed by atoms with Gasteiger partial charge >= 0.3 is 6.18 Å². The van der Waals surface area contributed by atoms with E-state index < -0.39 is 17.2 Å². The molecule has 2 nitrogen and oxygen atoms in total. The average molecular weight is 233 g/mol. The summed E-state index contributed by atoms with van der Waals surface area (Å²) in [5.74, 6) is 0.0299. The fourth-order valence-electron chi connectivity index (χ4n) is 1.56. The molecule has 0 atom stereocenters. The monoisotopic (exact) mass is 233 g/mol. The van der Waals surface area contributed by atoms with Crippen LogP contribution in [0.1, 0.15) is 31.9 Å². The smallest absolute Gasteiger partial charge is 0.416 e. The van der Waals surface area contributed by atoms with E-state index in [1.807, 2.05) is 0 Å². The third kappa shape index (κ3) is 2.46. The molecule has 1 rings (SSSR count). The third-order valence-electron chi connectivity index (χ3n) is 2.16. The van der Waals surface area contributed by atoms with E-state index in [-0.39, 0.29) is 11.4 Å². The molecule has 0 aromatic carbocycles. The van der Waals surface area contributed by atoms with Gasteiger partial charge in [-0.3, -0.25) is 0 Å². The number of nitrogens with zero attached hydrogens (tertiary/aromatic N) is 1. The highest BCUT2D eigenvalue weighted by atomic mass is 19.4. The van der Waals surface area contributed by atoms with E-state index in [0.717, 1.165) is 12.3 Å². The fraction of sp³-hybridized carbons (Fsp3) is 0.545. The summed E-state index contributed by atoms with van der Waals surface area (Å²) in [6.45, 7) is 5.09. The highest BCUT2D eigenvalue weighted by Crippen LogP contribution is 2.40. The molecule has 0 aliphatic heterocycles. The minimum absolute atomic E-state index is 0.0299. The Morgan fingerprint density at radius 3 is 2.12 bits per heavy atom. The number of ether oxygens (including phenoxy) is 1. The van der Waals surface area contributed by atoms with Crippen molar-refractivity contribution in [3.05, 3.63) is 23.4 Å². The molecule has 0 radical (unpaired) electrons. The number of pyridine rings is 1. The van der Waals surface area contributed by atoms with E-state index in [1.165, 1.54) is 7.11 Å². The molecular formula is C11H14F3NO. The lowest BCUT2D eigenvalue weighted by Crippen LogP contribution is -2.21. The van der Waals surface area contributed by atoms with Gasteiger partial charge in [-0.05, 0) is 11.5 Å². The normalized spacial score (nSPS) is 12.7. The van der Waals surface area contributed by atoms with Crippen LogP contribution in [0.3, 0.4) is 0 Å². The predicted molar refractivity (Wildman–Crippen MR) is 54.5 cm³/mol. The highest BCUT2D eigenvalue weighted by molar-refractivity contribution is 5.41. The molecule has 0 aliphatic carbocycles. The van der Waals surface area contributed by atoms with Crippen molar-refractivity contribution in [2.24, 2.45) is 0 Å². The van der Waals surface area contributed by atoms with E-state index in [9.17, 15) is 13.2 Å². The summed E-state index contributed by atoms with van der Waals surface area (Å²) in [6, 6.07) is 0.975. The molecule has 0 bridgehead atoms. The summed E-state index contributed by atoms with van der Waals surface area (Å²) in [5.41, 5.74) is -1.28. The lowest BCUT2D eigenvalue weighted by molar-refractivity contribution is -0.138. The van der Waals surface area contributed by atoms with Crippen LogP contribution in [-0.2, 0) is 11.6 Å². The summed E-state index contributed by atoms with van der Waals surface area (Å²) in [5, 5.41) is 0. The maximum absolute atomic E-state index is 12.8. The number of rotatable bonds is 1. The van der Waals surface area contributed by atoms with Gasteiger partial charge in [0.2, 0.25) is 5.88 Å². The zero-order valence-electron chi connectivity index (χ0n) is 9.64. The molecule has 0 fully saturated rings. The Labute approximate surface area is 92.5 Å². The second-order valence-corrected chi connectivity index (χ2v) is 4.49. The number of alkyl halides is 3. The molecule has 0 N–H and O–H groups in total.